The molecule has 0 saturated heterocycles. The maximum absolute atomic E-state index is 12.2. The van der Waals surface area contributed by atoms with E-state index in [0.29, 0.717) is 22.1 Å². The van der Waals surface area contributed by atoms with E-state index in [4.69, 9.17) is 16.3 Å². The number of halogens is 1. The highest BCUT2D eigenvalue weighted by Crippen LogP contribution is 2.29. The fourth-order valence-electron chi connectivity index (χ4n) is 2.33. The molecule has 0 aromatic heterocycles. The molecule has 0 spiro atoms. The molecule has 6 heteroatoms. The molecule has 1 heterocycles. The Labute approximate surface area is 138 Å². The van der Waals surface area contributed by atoms with Crippen molar-refractivity contribution in [3.05, 3.63) is 53.1 Å². The molecule has 3 rings (SSSR count). The topological polar surface area (TPSA) is 67.4 Å². The number of hydrogen-bond acceptors (Lipinski definition) is 3. The maximum Gasteiger partial charge on any atom is 0.266 e. The van der Waals surface area contributed by atoms with E-state index in [1.165, 1.54) is 0 Å². The lowest BCUT2D eigenvalue weighted by Gasteiger charge is -2.25. The van der Waals surface area contributed by atoms with Gasteiger partial charge in [0.1, 0.15) is 5.75 Å². The number of carbonyl (C=O) groups is 2. The number of ether oxygens (including phenoxy) is 1. The number of fused-ring (bicyclic) bond motifs is 1. The molecule has 1 atom stereocenters. The Balaban J connectivity index is 1.69. The lowest BCUT2D eigenvalue weighted by atomic mass is 10.1. The molecular weight excluding hydrogens is 316 g/mol. The van der Waals surface area contributed by atoms with Crippen molar-refractivity contribution in [3.8, 4) is 5.75 Å². The van der Waals surface area contributed by atoms with Crippen molar-refractivity contribution in [3.63, 3.8) is 0 Å². The van der Waals surface area contributed by atoms with E-state index < -0.39 is 6.10 Å². The minimum Gasteiger partial charge on any atom is -0.478 e. The average Bonchev–Trinajstić information content (AvgIpc) is 2.51. The van der Waals surface area contributed by atoms with Crippen LogP contribution >= 0.6 is 11.6 Å². The van der Waals surface area contributed by atoms with Gasteiger partial charge in [-0.2, -0.15) is 0 Å². The molecule has 0 aliphatic carbocycles. The Hall–Kier alpha value is -2.53. The highest BCUT2D eigenvalue weighted by atomic mass is 35.5. The molecule has 23 heavy (non-hydrogen) atoms. The number of nitrogens with one attached hydrogen (secondary N) is 2. The van der Waals surface area contributed by atoms with Gasteiger partial charge in [0, 0.05) is 10.7 Å². The Bertz CT molecular complexity index is 776. The van der Waals surface area contributed by atoms with Crippen molar-refractivity contribution in [2.45, 2.75) is 19.4 Å². The van der Waals surface area contributed by atoms with Crippen LogP contribution in [0.3, 0.4) is 0 Å². The fourth-order valence-corrected chi connectivity index (χ4v) is 2.50. The third-order valence-electron chi connectivity index (χ3n) is 3.55. The van der Waals surface area contributed by atoms with Gasteiger partial charge in [0.05, 0.1) is 12.1 Å². The number of anilines is 2. The second-order valence-corrected chi connectivity index (χ2v) is 5.74. The van der Waals surface area contributed by atoms with Gasteiger partial charge in [-0.15, -0.1) is 0 Å². The number of para-hydroxylation sites is 2. The zero-order chi connectivity index (χ0) is 16.4. The van der Waals surface area contributed by atoms with E-state index in [9.17, 15) is 9.59 Å². The van der Waals surface area contributed by atoms with Crippen LogP contribution in [0, 0.1) is 6.92 Å². The van der Waals surface area contributed by atoms with Crippen LogP contribution in [0.1, 0.15) is 12.0 Å². The smallest absolute Gasteiger partial charge is 0.266 e. The summed E-state index contributed by atoms with van der Waals surface area (Å²) in [4.78, 5) is 24.2. The van der Waals surface area contributed by atoms with E-state index >= 15 is 0 Å². The predicted molar refractivity (Wildman–Crippen MR) is 88.9 cm³/mol. The highest BCUT2D eigenvalue weighted by molar-refractivity contribution is 6.31. The van der Waals surface area contributed by atoms with Crippen LogP contribution in [0.15, 0.2) is 42.5 Å². The predicted octanol–water partition coefficient (Wildman–Crippen LogP) is 3.38. The minimum absolute atomic E-state index is 0.0773. The normalized spacial score (nSPS) is 16.1. The van der Waals surface area contributed by atoms with E-state index in [2.05, 4.69) is 10.6 Å². The van der Waals surface area contributed by atoms with Gasteiger partial charge in [0.2, 0.25) is 5.91 Å². The molecule has 0 unspecified atom stereocenters. The molecule has 2 aromatic rings. The van der Waals surface area contributed by atoms with Crippen LogP contribution < -0.4 is 15.4 Å². The lowest BCUT2D eigenvalue weighted by Crippen LogP contribution is -2.39. The first-order chi connectivity index (χ1) is 11.0. The second-order valence-electron chi connectivity index (χ2n) is 5.30. The SMILES string of the molecule is Cc1ccc(Cl)cc1NC(=O)C[C@H]1Oc2ccccc2NC1=O. The van der Waals surface area contributed by atoms with Gasteiger partial charge in [-0.3, -0.25) is 9.59 Å². The van der Waals surface area contributed by atoms with Crippen LogP contribution in [-0.4, -0.2) is 17.9 Å². The molecule has 0 fully saturated rings. The van der Waals surface area contributed by atoms with Crippen LogP contribution in [0.2, 0.25) is 5.02 Å². The molecule has 0 saturated carbocycles. The summed E-state index contributed by atoms with van der Waals surface area (Å²) in [6, 6.07) is 12.4. The number of rotatable bonds is 3. The summed E-state index contributed by atoms with van der Waals surface area (Å²) in [7, 11) is 0. The third kappa shape index (κ3) is 3.46. The molecule has 0 radical (unpaired) electrons. The molecule has 1 aliphatic rings. The molecular formula is C17H15ClN2O3. The number of amides is 2. The number of benzene rings is 2. The van der Waals surface area contributed by atoms with E-state index in [1.807, 2.05) is 19.1 Å². The molecule has 2 amide bonds. The summed E-state index contributed by atoms with van der Waals surface area (Å²) < 4.78 is 5.61. The summed E-state index contributed by atoms with van der Waals surface area (Å²) in [6.45, 7) is 1.87. The Morgan fingerprint density at radius 2 is 2.09 bits per heavy atom. The Morgan fingerprint density at radius 1 is 1.30 bits per heavy atom. The first-order valence-electron chi connectivity index (χ1n) is 7.15. The highest BCUT2D eigenvalue weighted by Gasteiger charge is 2.29. The Kier molecular flexibility index (Phi) is 4.21. The molecule has 2 N–H and O–H groups in total. The maximum atomic E-state index is 12.2. The van der Waals surface area contributed by atoms with Crippen molar-refractivity contribution in [2.24, 2.45) is 0 Å². The van der Waals surface area contributed by atoms with Crippen molar-refractivity contribution >= 4 is 34.8 Å². The first kappa shape index (κ1) is 15.4. The standard InChI is InChI=1S/C17H15ClN2O3/c1-10-6-7-11(18)8-13(10)19-16(21)9-15-17(22)20-12-4-2-3-5-14(12)23-15/h2-8,15H,9H2,1H3,(H,19,21)(H,20,22)/t15-/m1/s1. The van der Waals surface area contributed by atoms with Crippen molar-refractivity contribution in [1.82, 2.24) is 0 Å². The summed E-state index contributed by atoms with van der Waals surface area (Å²) in [5, 5.41) is 6.03. The van der Waals surface area contributed by atoms with Crippen LogP contribution in [0.5, 0.6) is 5.75 Å². The van der Waals surface area contributed by atoms with E-state index in [1.54, 1.807) is 30.3 Å². The van der Waals surface area contributed by atoms with E-state index in [0.717, 1.165) is 5.56 Å². The molecule has 118 valence electrons. The van der Waals surface area contributed by atoms with Crippen LogP contribution in [-0.2, 0) is 9.59 Å². The summed E-state index contributed by atoms with van der Waals surface area (Å²) >= 11 is 5.93. The van der Waals surface area contributed by atoms with Gasteiger partial charge in [-0.25, -0.2) is 0 Å². The summed E-state index contributed by atoms with van der Waals surface area (Å²) in [5.74, 6) is -0.0830. The fraction of sp³-hybridized carbons (Fsp3) is 0.176. The zero-order valence-electron chi connectivity index (χ0n) is 12.4. The van der Waals surface area contributed by atoms with Crippen molar-refractivity contribution < 1.29 is 14.3 Å². The molecule has 0 bridgehead atoms. The summed E-state index contributed by atoms with van der Waals surface area (Å²) in [6.07, 6.45) is -0.934. The number of carbonyl (C=O) groups excluding carboxylic acids is 2. The minimum atomic E-state index is -0.857. The molecule has 5 nitrogen and oxygen atoms in total. The average molecular weight is 331 g/mol. The van der Waals surface area contributed by atoms with Crippen molar-refractivity contribution in [2.75, 3.05) is 10.6 Å². The van der Waals surface area contributed by atoms with Gasteiger partial charge >= 0.3 is 0 Å². The van der Waals surface area contributed by atoms with Crippen LogP contribution in [0.25, 0.3) is 0 Å². The van der Waals surface area contributed by atoms with Gasteiger partial charge in [0.25, 0.3) is 5.91 Å². The second kappa shape index (κ2) is 6.30. The van der Waals surface area contributed by atoms with Gasteiger partial charge in [-0.05, 0) is 36.8 Å². The van der Waals surface area contributed by atoms with Gasteiger partial charge in [-0.1, -0.05) is 29.8 Å². The number of hydrogen-bond donors (Lipinski definition) is 2. The number of aryl methyl sites for hydroxylation is 1. The molecule has 2 aromatic carbocycles. The van der Waals surface area contributed by atoms with Crippen molar-refractivity contribution in [1.29, 1.82) is 0 Å². The van der Waals surface area contributed by atoms with Gasteiger partial charge < -0.3 is 15.4 Å². The first-order valence-corrected chi connectivity index (χ1v) is 7.53. The summed E-state index contributed by atoms with van der Waals surface area (Å²) in [5.41, 5.74) is 2.13. The lowest BCUT2D eigenvalue weighted by molar-refractivity contribution is -0.128. The van der Waals surface area contributed by atoms with E-state index in [-0.39, 0.29) is 18.2 Å². The van der Waals surface area contributed by atoms with Gasteiger partial charge in [0.15, 0.2) is 6.10 Å². The monoisotopic (exact) mass is 330 g/mol. The third-order valence-corrected chi connectivity index (χ3v) is 3.79. The Morgan fingerprint density at radius 3 is 2.91 bits per heavy atom. The zero-order valence-corrected chi connectivity index (χ0v) is 13.2. The molecule has 1 aliphatic heterocycles. The van der Waals surface area contributed by atoms with Crippen LogP contribution in [0.4, 0.5) is 11.4 Å². The quantitative estimate of drug-likeness (QED) is 0.906. The largest absolute Gasteiger partial charge is 0.478 e.